The lowest BCUT2D eigenvalue weighted by atomic mass is 10.1. The van der Waals surface area contributed by atoms with E-state index >= 15 is 0 Å². The molecule has 0 atom stereocenters. The Morgan fingerprint density at radius 2 is 1.89 bits per heavy atom. The number of carboxylic acids is 1. The SMILES string of the molecule is CC(C)(C(=O)O)n1nnnc1-c1ccc(O)cc1. The van der Waals surface area contributed by atoms with Gasteiger partial charge in [0.1, 0.15) is 5.75 Å². The number of phenolic OH excluding ortho intramolecular Hbond substituents is 1. The number of phenols is 1. The summed E-state index contributed by atoms with van der Waals surface area (Å²) < 4.78 is 1.24. The molecule has 0 radical (unpaired) electrons. The summed E-state index contributed by atoms with van der Waals surface area (Å²) in [5.41, 5.74) is -0.622. The van der Waals surface area contributed by atoms with Gasteiger partial charge >= 0.3 is 5.97 Å². The van der Waals surface area contributed by atoms with Gasteiger partial charge in [0.2, 0.25) is 0 Å². The van der Waals surface area contributed by atoms with Crippen molar-refractivity contribution in [2.24, 2.45) is 0 Å². The van der Waals surface area contributed by atoms with Crippen LogP contribution in [0.25, 0.3) is 11.4 Å². The number of aromatic nitrogens is 4. The summed E-state index contributed by atoms with van der Waals surface area (Å²) in [4.78, 5) is 11.2. The number of benzene rings is 1. The largest absolute Gasteiger partial charge is 0.508 e. The van der Waals surface area contributed by atoms with Crippen molar-refractivity contribution >= 4 is 5.97 Å². The molecule has 0 spiro atoms. The Morgan fingerprint density at radius 3 is 2.44 bits per heavy atom. The molecule has 18 heavy (non-hydrogen) atoms. The highest BCUT2D eigenvalue weighted by Gasteiger charge is 2.33. The highest BCUT2D eigenvalue weighted by molar-refractivity contribution is 5.76. The molecule has 0 fully saturated rings. The van der Waals surface area contributed by atoms with Gasteiger partial charge in [0.05, 0.1) is 0 Å². The maximum Gasteiger partial charge on any atom is 0.331 e. The lowest BCUT2D eigenvalue weighted by Gasteiger charge is -2.20. The van der Waals surface area contributed by atoms with E-state index in [0.29, 0.717) is 11.4 Å². The second kappa shape index (κ2) is 4.10. The topological polar surface area (TPSA) is 101 Å². The van der Waals surface area contributed by atoms with Gasteiger partial charge in [-0.2, -0.15) is 0 Å². The van der Waals surface area contributed by atoms with Crippen molar-refractivity contribution in [2.45, 2.75) is 19.4 Å². The molecule has 1 heterocycles. The summed E-state index contributed by atoms with van der Waals surface area (Å²) >= 11 is 0. The lowest BCUT2D eigenvalue weighted by molar-refractivity contribution is -0.146. The van der Waals surface area contributed by atoms with E-state index in [1.165, 1.54) is 30.7 Å². The van der Waals surface area contributed by atoms with Crippen LogP contribution in [-0.2, 0) is 10.3 Å². The molecule has 0 aliphatic rings. The fourth-order valence-corrected chi connectivity index (χ4v) is 1.44. The quantitative estimate of drug-likeness (QED) is 0.835. The van der Waals surface area contributed by atoms with Crippen molar-refractivity contribution in [3.05, 3.63) is 24.3 Å². The minimum Gasteiger partial charge on any atom is -0.508 e. The fourth-order valence-electron chi connectivity index (χ4n) is 1.44. The van der Waals surface area contributed by atoms with Crippen LogP contribution in [0.2, 0.25) is 0 Å². The predicted molar refractivity (Wildman–Crippen MR) is 61.9 cm³/mol. The lowest BCUT2D eigenvalue weighted by Crippen LogP contribution is -2.37. The maximum atomic E-state index is 11.2. The number of rotatable bonds is 3. The van der Waals surface area contributed by atoms with Crippen LogP contribution in [-0.4, -0.2) is 36.4 Å². The molecule has 1 aromatic heterocycles. The number of carbonyl (C=O) groups is 1. The highest BCUT2D eigenvalue weighted by atomic mass is 16.4. The van der Waals surface area contributed by atoms with Crippen LogP contribution in [0.15, 0.2) is 24.3 Å². The van der Waals surface area contributed by atoms with E-state index in [1.807, 2.05) is 0 Å². The number of aliphatic carboxylic acids is 1. The van der Waals surface area contributed by atoms with Gasteiger partial charge in [-0.25, -0.2) is 9.48 Å². The molecule has 0 bridgehead atoms. The van der Waals surface area contributed by atoms with Crippen molar-refractivity contribution in [2.75, 3.05) is 0 Å². The number of tetrazole rings is 1. The van der Waals surface area contributed by atoms with Gasteiger partial charge in [-0.05, 0) is 48.5 Å². The summed E-state index contributed by atoms with van der Waals surface area (Å²) in [5, 5.41) is 29.4. The highest BCUT2D eigenvalue weighted by Crippen LogP contribution is 2.24. The van der Waals surface area contributed by atoms with Gasteiger partial charge in [-0.15, -0.1) is 5.10 Å². The third-order valence-corrected chi connectivity index (χ3v) is 2.65. The molecule has 0 saturated heterocycles. The Morgan fingerprint density at radius 1 is 1.28 bits per heavy atom. The molecule has 94 valence electrons. The monoisotopic (exact) mass is 248 g/mol. The van der Waals surface area contributed by atoms with Gasteiger partial charge in [-0.3, -0.25) is 0 Å². The van der Waals surface area contributed by atoms with E-state index in [0.717, 1.165) is 0 Å². The van der Waals surface area contributed by atoms with E-state index in [1.54, 1.807) is 12.1 Å². The van der Waals surface area contributed by atoms with Crippen molar-refractivity contribution < 1.29 is 15.0 Å². The average molecular weight is 248 g/mol. The zero-order valence-electron chi connectivity index (χ0n) is 9.90. The normalized spacial score (nSPS) is 11.4. The summed E-state index contributed by atoms with van der Waals surface area (Å²) in [6.45, 7) is 3.02. The van der Waals surface area contributed by atoms with Crippen LogP contribution in [0.3, 0.4) is 0 Å². The zero-order valence-corrected chi connectivity index (χ0v) is 9.90. The molecule has 2 aromatic rings. The van der Waals surface area contributed by atoms with E-state index in [2.05, 4.69) is 15.5 Å². The number of nitrogens with zero attached hydrogens (tertiary/aromatic N) is 4. The first-order chi connectivity index (χ1) is 8.43. The fraction of sp³-hybridized carbons (Fsp3) is 0.273. The number of hydrogen-bond donors (Lipinski definition) is 2. The summed E-state index contributed by atoms with van der Waals surface area (Å²) in [7, 11) is 0. The van der Waals surface area contributed by atoms with Crippen molar-refractivity contribution in [1.29, 1.82) is 0 Å². The smallest absolute Gasteiger partial charge is 0.331 e. The van der Waals surface area contributed by atoms with E-state index < -0.39 is 11.5 Å². The molecule has 2 rings (SSSR count). The van der Waals surface area contributed by atoms with Gasteiger partial charge < -0.3 is 10.2 Å². The second-order valence-electron chi connectivity index (χ2n) is 4.33. The Balaban J connectivity index is 2.52. The Labute approximate surface area is 103 Å². The van der Waals surface area contributed by atoms with E-state index in [4.69, 9.17) is 0 Å². The summed E-state index contributed by atoms with van der Waals surface area (Å²) in [6, 6.07) is 6.22. The van der Waals surface area contributed by atoms with E-state index in [-0.39, 0.29) is 5.75 Å². The molecular weight excluding hydrogens is 236 g/mol. The number of hydrogen-bond acceptors (Lipinski definition) is 5. The average Bonchev–Trinajstić information content (AvgIpc) is 2.79. The van der Waals surface area contributed by atoms with Crippen LogP contribution >= 0.6 is 0 Å². The Hall–Kier alpha value is -2.44. The first-order valence-electron chi connectivity index (χ1n) is 5.24. The number of carboxylic acid groups (broad SMARTS) is 1. The summed E-state index contributed by atoms with van der Waals surface area (Å²) in [5.74, 6) is -0.576. The van der Waals surface area contributed by atoms with Crippen LogP contribution in [0.5, 0.6) is 5.75 Å². The van der Waals surface area contributed by atoms with Gasteiger partial charge in [0, 0.05) is 5.56 Å². The molecule has 0 unspecified atom stereocenters. The van der Waals surface area contributed by atoms with Crippen LogP contribution < -0.4 is 0 Å². The molecule has 0 amide bonds. The minimum atomic E-state index is -1.25. The summed E-state index contributed by atoms with van der Waals surface area (Å²) in [6.07, 6.45) is 0. The van der Waals surface area contributed by atoms with Gasteiger partial charge in [0.15, 0.2) is 11.4 Å². The molecule has 7 heteroatoms. The molecule has 7 nitrogen and oxygen atoms in total. The third-order valence-electron chi connectivity index (χ3n) is 2.65. The zero-order chi connectivity index (χ0) is 13.3. The van der Waals surface area contributed by atoms with Gasteiger partial charge in [0.25, 0.3) is 0 Å². The molecule has 0 aliphatic carbocycles. The van der Waals surface area contributed by atoms with Gasteiger partial charge in [-0.1, -0.05) is 0 Å². The Bertz CT molecular complexity index is 574. The molecular formula is C11H12N4O3. The first kappa shape index (κ1) is 12.0. The predicted octanol–water partition coefficient (Wildman–Crippen LogP) is 0.865. The minimum absolute atomic E-state index is 0.121. The maximum absolute atomic E-state index is 11.2. The molecule has 0 aliphatic heterocycles. The van der Waals surface area contributed by atoms with Crippen LogP contribution in [0.1, 0.15) is 13.8 Å². The first-order valence-corrected chi connectivity index (χ1v) is 5.24. The van der Waals surface area contributed by atoms with Crippen molar-refractivity contribution in [3.63, 3.8) is 0 Å². The molecule has 0 saturated carbocycles. The third kappa shape index (κ3) is 1.90. The van der Waals surface area contributed by atoms with Crippen molar-refractivity contribution in [1.82, 2.24) is 20.2 Å². The number of aromatic hydroxyl groups is 1. The van der Waals surface area contributed by atoms with Crippen LogP contribution in [0, 0.1) is 0 Å². The molecule has 1 aromatic carbocycles. The Kier molecular flexibility index (Phi) is 2.74. The molecule has 2 N–H and O–H groups in total. The van der Waals surface area contributed by atoms with E-state index in [9.17, 15) is 15.0 Å². The standard InChI is InChI=1S/C11H12N4O3/c1-11(2,10(17)18)15-9(12-13-14-15)7-3-5-8(16)6-4-7/h3-6,16H,1-2H3,(H,17,18). The van der Waals surface area contributed by atoms with Crippen LogP contribution in [0.4, 0.5) is 0 Å². The van der Waals surface area contributed by atoms with Crippen molar-refractivity contribution in [3.8, 4) is 17.1 Å². The second-order valence-corrected chi connectivity index (χ2v) is 4.33.